The maximum Gasteiger partial charge on any atom is 0.490 e. The predicted molar refractivity (Wildman–Crippen MR) is 124 cm³/mol. The molecule has 7 nitrogen and oxygen atoms in total. The summed E-state index contributed by atoms with van der Waals surface area (Å²) in [5, 5.41) is 11.7. The number of aliphatic hydroxyl groups is 1. The number of halogens is 4. The third kappa shape index (κ3) is 4.03. The fraction of sp³-hybridized carbons (Fsp3) is 0.704. The van der Waals surface area contributed by atoms with E-state index < -0.39 is 77.0 Å². The van der Waals surface area contributed by atoms with E-state index in [0.717, 1.165) is 6.08 Å². The predicted octanol–water partition coefficient (Wildman–Crippen LogP) is 4.11. The van der Waals surface area contributed by atoms with Gasteiger partial charge in [-0.25, -0.2) is 9.18 Å². The number of ketones is 2. The van der Waals surface area contributed by atoms with Crippen LogP contribution in [0.5, 0.6) is 0 Å². The second-order valence-corrected chi connectivity index (χ2v) is 11.4. The normalized spacial score (nSPS) is 39.9. The molecule has 4 aliphatic carbocycles. The standard InChI is InChI=1S/C27H32F4O7/c1-4-5-21(34)37-14-19(33)25(36)11-9-17-18-7-6-15-12-16(32)8-10-23(15,2)26(18,28)20(13-24(17,25)3)38-22(35)27(29,30)31/h8,10,12,17-18,20,36H,4-7,9,11,13-14H2,1-3H3/t17-,18-,20?,23-,24-,25-,26-/m0/s1. The monoisotopic (exact) mass is 544 g/mol. The van der Waals surface area contributed by atoms with Gasteiger partial charge in [0.2, 0.25) is 5.78 Å². The van der Waals surface area contributed by atoms with Crippen LogP contribution in [0.25, 0.3) is 0 Å². The highest BCUT2D eigenvalue weighted by molar-refractivity contribution is 6.01. The van der Waals surface area contributed by atoms with Crippen LogP contribution in [0, 0.1) is 22.7 Å². The van der Waals surface area contributed by atoms with Crippen LogP contribution in [-0.2, 0) is 28.7 Å². The van der Waals surface area contributed by atoms with Gasteiger partial charge in [0.1, 0.15) is 11.7 Å². The van der Waals surface area contributed by atoms with E-state index in [-0.39, 0.29) is 37.9 Å². The average Bonchev–Trinajstić information content (AvgIpc) is 3.10. The van der Waals surface area contributed by atoms with Crippen molar-refractivity contribution in [3.05, 3.63) is 23.8 Å². The third-order valence-electron chi connectivity index (χ3n) is 9.53. The molecule has 0 aliphatic heterocycles. The topological polar surface area (TPSA) is 107 Å². The van der Waals surface area contributed by atoms with Crippen LogP contribution in [0.4, 0.5) is 17.6 Å². The summed E-state index contributed by atoms with van der Waals surface area (Å²) < 4.78 is 67.3. The SMILES string of the molecule is CCCC(=O)OCC(=O)[C@@]1(O)CC[C@H]2[C@@H]3CCC4=CC(=O)C=C[C@]4(C)[C@@]3(F)C(OC(=O)C(F)(F)F)C[C@@]21C. The first kappa shape index (κ1) is 28.4. The molecule has 1 unspecified atom stereocenters. The summed E-state index contributed by atoms with van der Waals surface area (Å²) in [4.78, 5) is 49.1. The van der Waals surface area contributed by atoms with Gasteiger partial charge in [-0.2, -0.15) is 13.2 Å². The molecule has 210 valence electrons. The number of alkyl halides is 4. The Morgan fingerprint density at radius 2 is 1.84 bits per heavy atom. The Labute approximate surface area is 217 Å². The van der Waals surface area contributed by atoms with Crippen molar-refractivity contribution in [3.8, 4) is 0 Å². The molecule has 0 bridgehead atoms. The summed E-state index contributed by atoms with van der Waals surface area (Å²) in [6.45, 7) is 3.99. The molecule has 4 rings (SSSR count). The number of esters is 2. The number of hydrogen-bond acceptors (Lipinski definition) is 7. The lowest BCUT2D eigenvalue weighted by Crippen LogP contribution is -2.70. The maximum atomic E-state index is 17.6. The molecule has 38 heavy (non-hydrogen) atoms. The molecule has 0 saturated heterocycles. The fourth-order valence-corrected chi connectivity index (χ4v) is 7.50. The van der Waals surface area contributed by atoms with Gasteiger partial charge in [0.15, 0.2) is 18.1 Å². The van der Waals surface area contributed by atoms with E-state index in [1.807, 2.05) is 0 Å². The van der Waals surface area contributed by atoms with E-state index >= 15 is 4.39 Å². The highest BCUT2D eigenvalue weighted by Gasteiger charge is 2.75. The number of allylic oxidation sites excluding steroid dienone is 4. The molecule has 0 aromatic heterocycles. The smallest absolute Gasteiger partial charge is 0.458 e. The highest BCUT2D eigenvalue weighted by Crippen LogP contribution is 2.70. The van der Waals surface area contributed by atoms with Gasteiger partial charge in [0.25, 0.3) is 0 Å². The van der Waals surface area contributed by atoms with E-state index in [1.54, 1.807) is 6.92 Å². The summed E-state index contributed by atoms with van der Waals surface area (Å²) in [7, 11) is 0. The van der Waals surface area contributed by atoms with Crippen molar-refractivity contribution in [2.24, 2.45) is 22.7 Å². The van der Waals surface area contributed by atoms with Gasteiger partial charge in [0.05, 0.1) is 0 Å². The van der Waals surface area contributed by atoms with Crippen molar-refractivity contribution in [1.29, 1.82) is 0 Å². The molecular formula is C27H32F4O7. The summed E-state index contributed by atoms with van der Waals surface area (Å²) in [6.07, 6.45) is -3.16. The zero-order valence-electron chi connectivity index (χ0n) is 21.5. The molecule has 3 saturated carbocycles. The van der Waals surface area contributed by atoms with Crippen LogP contribution in [0.1, 0.15) is 65.7 Å². The minimum atomic E-state index is -5.40. The van der Waals surface area contributed by atoms with Crippen molar-refractivity contribution < 1.29 is 51.3 Å². The Kier molecular flexibility index (Phi) is 6.94. The second kappa shape index (κ2) is 9.27. The van der Waals surface area contributed by atoms with Crippen LogP contribution in [0.2, 0.25) is 0 Å². The van der Waals surface area contributed by atoms with E-state index in [2.05, 4.69) is 0 Å². The van der Waals surface area contributed by atoms with Crippen molar-refractivity contribution in [1.82, 2.24) is 0 Å². The average molecular weight is 545 g/mol. The van der Waals surface area contributed by atoms with E-state index in [4.69, 9.17) is 9.47 Å². The number of hydrogen-bond donors (Lipinski definition) is 1. The molecule has 3 fully saturated rings. The molecule has 0 spiro atoms. The maximum absolute atomic E-state index is 17.6. The second-order valence-electron chi connectivity index (χ2n) is 11.4. The number of Topliss-reactive ketones (excluding diaryl/α,β-unsaturated/α-hetero) is 1. The Hall–Kier alpha value is -2.56. The van der Waals surface area contributed by atoms with Crippen molar-refractivity contribution in [3.63, 3.8) is 0 Å². The number of carbonyl (C=O) groups is 4. The molecule has 0 heterocycles. The van der Waals surface area contributed by atoms with Crippen LogP contribution < -0.4 is 0 Å². The van der Waals surface area contributed by atoms with E-state index in [0.29, 0.717) is 12.0 Å². The first-order valence-corrected chi connectivity index (χ1v) is 12.9. The Bertz CT molecular complexity index is 1110. The zero-order valence-corrected chi connectivity index (χ0v) is 21.5. The third-order valence-corrected chi connectivity index (χ3v) is 9.53. The van der Waals surface area contributed by atoms with Crippen LogP contribution >= 0.6 is 0 Å². The van der Waals surface area contributed by atoms with Gasteiger partial charge < -0.3 is 14.6 Å². The minimum Gasteiger partial charge on any atom is -0.458 e. The van der Waals surface area contributed by atoms with Crippen LogP contribution in [0.15, 0.2) is 23.8 Å². The highest BCUT2D eigenvalue weighted by atomic mass is 19.4. The number of fused-ring (bicyclic) bond motifs is 5. The molecule has 0 radical (unpaired) electrons. The Balaban J connectivity index is 1.76. The van der Waals surface area contributed by atoms with E-state index in [9.17, 15) is 37.5 Å². The summed E-state index contributed by atoms with van der Waals surface area (Å²) >= 11 is 0. The molecule has 1 N–H and O–H groups in total. The zero-order chi connectivity index (χ0) is 28.3. The molecule has 11 heteroatoms. The largest absolute Gasteiger partial charge is 0.490 e. The Morgan fingerprint density at radius 1 is 1.16 bits per heavy atom. The molecule has 0 aromatic carbocycles. The molecule has 7 atom stereocenters. The number of rotatable bonds is 6. The van der Waals surface area contributed by atoms with Gasteiger partial charge in [-0.15, -0.1) is 0 Å². The number of ether oxygens (including phenoxy) is 2. The summed E-state index contributed by atoms with van der Waals surface area (Å²) in [5.41, 5.74) is -7.29. The lowest BCUT2D eigenvalue weighted by Gasteiger charge is -2.63. The first-order chi connectivity index (χ1) is 17.5. The van der Waals surface area contributed by atoms with Crippen molar-refractivity contribution in [2.75, 3.05) is 6.61 Å². The quantitative estimate of drug-likeness (QED) is 0.396. The summed E-state index contributed by atoms with van der Waals surface area (Å²) in [5.74, 6) is -6.05. The van der Waals surface area contributed by atoms with Gasteiger partial charge >= 0.3 is 18.1 Å². The van der Waals surface area contributed by atoms with E-state index in [1.165, 1.54) is 26.0 Å². The fourth-order valence-electron chi connectivity index (χ4n) is 7.50. The van der Waals surface area contributed by atoms with Gasteiger partial charge in [-0.1, -0.05) is 25.5 Å². The molecule has 0 aromatic rings. The van der Waals surface area contributed by atoms with Gasteiger partial charge in [-0.05, 0) is 63.5 Å². The van der Waals surface area contributed by atoms with Crippen LogP contribution in [0.3, 0.4) is 0 Å². The Morgan fingerprint density at radius 3 is 2.47 bits per heavy atom. The molecule has 0 amide bonds. The van der Waals surface area contributed by atoms with Gasteiger partial charge in [-0.3, -0.25) is 14.4 Å². The molecular weight excluding hydrogens is 512 g/mol. The number of carbonyl (C=O) groups excluding carboxylic acids is 4. The lowest BCUT2D eigenvalue weighted by molar-refractivity contribution is -0.248. The van der Waals surface area contributed by atoms with Crippen molar-refractivity contribution >= 4 is 23.5 Å². The van der Waals surface area contributed by atoms with Crippen LogP contribution in [-0.4, -0.2) is 58.8 Å². The minimum absolute atomic E-state index is 0.0674. The first-order valence-electron chi connectivity index (χ1n) is 12.9. The lowest BCUT2D eigenvalue weighted by atomic mass is 9.44. The van der Waals surface area contributed by atoms with Gasteiger partial charge in [0, 0.05) is 23.2 Å². The van der Waals surface area contributed by atoms with Crippen molar-refractivity contribution in [2.45, 2.75) is 89.3 Å². The summed E-state index contributed by atoms with van der Waals surface area (Å²) in [6, 6.07) is 0. The molecule has 4 aliphatic rings.